The lowest BCUT2D eigenvalue weighted by molar-refractivity contribution is 0.221. The summed E-state index contributed by atoms with van der Waals surface area (Å²) in [5.74, 6) is 0. The van der Waals surface area contributed by atoms with Gasteiger partial charge in [-0.05, 0) is 37.3 Å². The molecular formula is C15H24N2. The molecule has 1 unspecified atom stereocenters. The molecule has 2 rings (SSSR count). The fourth-order valence-electron chi connectivity index (χ4n) is 2.49. The van der Waals surface area contributed by atoms with Crippen molar-refractivity contribution >= 4 is 0 Å². The summed E-state index contributed by atoms with van der Waals surface area (Å²) < 4.78 is 0. The SMILES string of the molecule is CCC(C)(N)CN1CCc2ccccc2CC1. The average Bonchev–Trinajstić information content (AvgIpc) is 2.52. The van der Waals surface area contributed by atoms with Gasteiger partial charge in [0, 0.05) is 25.2 Å². The van der Waals surface area contributed by atoms with Crippen molar-refractivity contribution in [3.8, 4) is 0 Å². The van der Waals surface area contributed by atoms with Crippen molar-refractivity contribution in [2.75, 3.05) is 19.6 Å². The molecule has 94 valence electrons. The van der Waals surface area contributed by atoms with Gasteiger partial charge in [0.25, 0.3) is 0 Å². The second-order valence-corrected chi connectivity index (χ2v) is 5.55. The fraction of sp³-hybridized carbons (Fsp3) is 0.600. The standard InChI is InChI=1S/C15H24N2/c1-3-15(2,16)12-17-10-8-13-6-4-5-7-14(13)9-11-17/h4-7H,3,8-12,16H2,1-2H3. The van der Waals surface area contributed by atoms with Crippen LogP contribution in [0.25, 0.3) is 0 Å². The maximum Gasteiger partial charge on any atom is 0.0252 e. The molecule has 1 aromatic carbocycles. The van der Waals surface area contributed by atoms with Crippen LogP contribution in [0, 0.1) is 0 Å². The van der Waals surface area contributed by atoms with Gasteiger partial charge >= 0.3 is 0 Å². The number of hydrogen-bond acceptors (Lipinski definition) is 2. The Labute approximate surface area is 105 Å². The molecule has 0 aromatic heterocycles. The number of nitrogens with two attached hydrogens (primary N) is 1. The Morgan fingerprint density at radius 3 is 2.18 bits per heavy atom. The number of hydrogen-bond donors (Lipinski definition) is 1. The van der Waals surface area contributed by atoms with E-state index in [1.54, 1.807) is 0 Å². The lowest BCUT2D eigenvalue weighted by Crippen LogP contribution is -2.48. The van der Waals surface area contributed by atoms with Crippen LogP contribution in [0.2, 0.25) is 0 Å². The minimum absolute atomic E-state index is 0.0451. The van der Waals surface area contributed by atoms with Crippen LogP contribution in [0.1, 0.15) is 31.4 Å². The Bertz CT molecular complexity index is 344. The maximum atomic E-state index is 6.26. The first kappa shape index (κ1) is 12.6. The summed E-state index contributed by atoms with van der Waals surface area (Å²) in [6, 6.07) is 8.82. The van der Waals surface area contributed by atoms with Crippen LogP contribution in [0.3, 0.4) is 0 Å². The van der Waals surface area contributed by atoms with Gasteiger partial charge < -0.3 is 10.6 Å². The van der Waals surface area contributed by atoms with E-state index in [0.717, 1.165) is 38.9 Å². The predicted octanol–water partition coefficient (Wildman–Crippen LogP) is 2.21. The van der Waals surface area contributed by atoms with Crippen LogP contribution in [0.4, 0.5) is 0 Å². The van der Waals surface area contributed by atoms with Crippen molar-refractivity contribution in [3.63, 3.8) is 0 Å². The second-order valence-electron chi connectivity index (χ2n) is 5.55. The Morgan fingerprint density at radius 2 is 1.71 bits per heavy atom. The molecule has 1 atom stereocenters. The van der Waals surface area contributed by atoms with Crippen LogP contribution in [0.5, 0.6) is 0 Å². The summed E-state index contributed by atoms with van der Waals surface area (Å²) in [5, 5.41) is 0. The molecule has 0 saturated carbocycles. The van der Waals surface area contributed by atoms with Crippen LogP contribution in [0.15, 0.2) is 24.3 Å². The smallest absolute Gasteiger partial charge is 0.0252 e. The summed E-state index contributed by atoms with van der Waals surface area (Å²) in [6.45, 7) is 7.63. The normalized spacial score (nSPS) is 20.4. The topological polar surface area (TPSA) is 29.3 Å². The summed E-state index contributed by atoms with van der Waals surface area (Å²) in [6.07, 6.45) is 3.36. The Morgan fingerprint density at radius 1 is 1.18 bits per heavy atom. The van der Waals surface area contributed by atoms with E-state index >= 15 is 0 Å². The van der Waals surface area contributed by atoms with Gasteiger partial charge in [0.15, 0.2) is 0 Å². The summed E-state index contributed by atoms with van der Waals surface area (Å²) in [5.41, 5.74) is 9.25. The summed E-state index contributed by atoms with van der Waals surface area (Å²) >= 11 is 0. The van der Waals surface area contributed by atoms with E-state index in [4.69, 9.17) is 5.73 Å². The predicted molar refractivity (Wildman–Crippen MR) is 73.2 cm³/mol. The zero-order valence-electron chi connectivity index (χ0n) is 11.1. The first-order valence-electron chi connectivity index (χ1n) is 6.69. The fourth-order valence-corrected chi connectivity index (χ4v) is 2.49. The monoisotopic (exact) mass is 232 g/mol. The van der Waals surface area contributed by atoms with Crippen molar-refractivity contribution in [1.82, 2.24) is 4.90 Å². The van der Waals surface area contributed by atoms with Gasteiger partial charge in [-0.3, -0.25) is 0 Å². The van der Waals surface area contributed by atoms with Crippen molar-refractivity contribution < 1.29 is 0 Å². The van der Waals surface area contributed by atoms with Crippen molar-refractivity contribution in [2.45, 2.75) is 38.6 Å². The van der Waals surface area contributed by atoms with Gasteiger partial charge in [-0.15, -0.1) is 0 Å². The molecule has 1 aliphatic heterocycles. The number of benzene rings is 1. The quantitative estimate of drug-likeness (QED) is 0.866. The Hall–Kier alpha value is -0.860. The van der Waals surface area contributed by atoms with Gasteiger partial charge in [0.2, 0.25) is 0 Å². The third-order valence-corrected chi connectivity index (χ3v) is 3.91. The molecule has 0 spiro atoms. The Balaban J connectivity index is 2.00. The van der Waals surface area contributed by atoms with Crippen molar-refractivity contribution in [1.29, 1.82) is 0 Å². The maximum absolute atomic E-state index is 6.26. The first-order valence-corrected chi connectivity index (χ1v) is 6.69. The summed E-state index contributed by atoms with van der Waals surface area (Å²) in [4.78, 5) is 2.52. The van der Waals surface area contributed by atoms with Crippen LogP contribution < -0.4 is 5.73 Å². The molecule has 2 N–H and O–H groups in total. The number of rotatable bonds is 3. The number of fused-ring (bicyclic) bond motifs is 1. The van der Waals surface area contributed by atoms with E-state index in [0.29, 0.717) is 0 Å². The average molecular weight is 232 g/mol. The highest BCUT2D eigenvalue weighted by atomic mass is 15.1. The highest BCUT2D eigenvalue weighted by molar-refractivity contribution is 5.28. The summed E-state index contributed by atoms with van der Waals surface area (Å²) in [7, 11) is 0. The highest BCUT2D eigenvalue weighted by Gasteiger charge is 2.21. The van der Waals surface area contributed by atoms with Crippen molar-refractivity contribution in [2.24, 2.45) is 5.73 Å². The van der Waals surface area contributed by atoms with Gasteiger partial charge in [0.1, 0.15) is 0 Å². The molecule has 1 aliphatic rings. The second kappa shape index (κ2) is 5.19. The molecule has 0 bridgehead atoms. The lowest BCUT2D eigenvalue weighted by atomic mass is 10.00. The van der Waals surface area contributed by atoms with E-state index < -0.39 is 0 Å². The third kappa shape index (κ3) is 3.30. The third-order valence-electron chi connectivity index (χ3n) is 3.91. The zero-order chi connectivity index (χ0) is 12.3. The van der Waals surface area contributed by atoms with Crippen LogP contribution >= 0.6 is 0 Å². The van der Waals surface area contributed by atoms with Gasteiger partial charge in [-0.2, -0.15) is 0 Å². The molecule has 17 heavy (non-hydrogen) atoms. The van der Waals surface area contributed by atoms with E-state index in [2.05, 4.69) is 43.0 Å². The van der Waals surface area contributed by atoms with Crippen LogP contribution in [-0.4, -0.2) is 30.1 Å². The van der Waals surface area contributed by atoms with Gasteiger partial charge in [-0.1, -0.05) is 31.2 Å². The molecule has 0 amide bonds. The van der Waals surface area contributed by atoms with Gasteiger partial charge in [-0.25, -0.2) is 0 Å². The van der Waals surface area contributed by atoms with E-state index in [1.807, 2.05) is 0 Å². The largest absolute Gasteiger partial charge is 0.324 e. The highest BCUT2D eigenvalue weighted by Crippen LogP contribution is 2.17. The van der Waals surface area contributed by atoms with Crippen molar-refractivity contribution in [3.05, 3.63) is 35.4 Å². The molecule has 1 heterocycles. The molecule has 0 radical (unpaired) electrons. The molecule has 0 aliphatic carbocycles. The van der Waals surface area contributed by atoms with E-state index in [-0.39, 0.29) is 5.54 Å². The lowest BCUT2D eigenvalue weighted by Gasteiger charge is -2.30. The molecule has 2 nitrogen and oxygen atoms in total. The van der Waals surface area contributed by atoms with Crippen LogP contribution in [-0.2, 0) is 12.8 Å². The molecule has 0 fully saturated rings. The van der Waals surface area contributed by atoms with Gasteiger partial charge in [0.05, 0.1) is 0 Å². The van der Waals surface area contributed by atoms with E-state index in [1.165, 1.54) is 11.1 Å². The minimum atomic E-state index is -0.0451. The van der Waals surface area contributed by atoms with E-state index in [9.17, 15) is 0 Å². The molecule has 1 aromatic rings. The zero-order valence-corrected chi connectivity index (χ0v) is 11.1. The first-order chi connectivity index (χ1) is 8.11. The number of nitrogens with zero attached hydrogens (tertiary/aromatic N) is 1. The molecule has 0 saturated heterocycles. The molecule has 2 heteroatoms. The minimum Gasteiger partial charge on any atom is -0.324 e. The Kier molecular flexibility index (Phi) is 3.85. The molecular weight excluding hydrogens is 208 g/mol.